The standard InChI is InChI=1S/C20H28F2N4O/c1-2-23-20(24-10-6-15-8-12-27-13-9-15)25-16-7-11-26(14-16)19-17(21)4-3-5-18(19)22/h3-5,8,16H,2,6-7,9-14H2,1H3,(H2,23,24,25). The van der Waals surface area contributed by atoms with Crippen molar-refractivity contribution in [1.82, 2.24) is 10.6 Å². The van der Waals surface area contributed by atoms with Gasteiger partial charge in [0.05, 0.1) is 13.2 Å². The highest BCUT2D eigenvalue weighted by molar-refractivity contribution is 5.80. The Hall–Kier alpha value is -2.15. The molecule has 1 fully saturated rings. The average Bonchev–Trinajstić information content (AvgIpc) is 3.10. The highest BCUT2D eigenvalue weighted by atomic mass is 19.1. The SMILES string of the molecule is CCNC(=NCCC1=CCOCC1)NC1CCN(c2c(F)cccc2F)C1. The summed E-state index contributed by atoms with van der Waals surface area (Å²) in [6.07, 6.45) is 4.85. The topological polar surface area (TPSA) is 48.9 Å². The molecule has 0 radical (unpaired) electrons. The summed E-state index contributed by atoms with van der Waals surface area (Å²) in [6, 6.07) is 4.10. The van der Waals surface area contributed by atoms with E-state index in [4.69, 9.17) is 4.74 Å². The molecule has 2 heterocycles. The molecule has 0 amide bonds. The van der Waals surface area contributed by atoms with Crippen molar-refractivity contribution in [2.45, 2.75) is 32.2 Å². The normalized spacial score (nSPS) is 20.6. The summed E-state index contributed by atoms with van der Waals surface area (Å²) in [5, 5.41) is 6.65. The number of para-hydroxylation sites is 1. The first-order chi connectivity index (χ1) is 13.2. The lowest BCUT2D eigenvalue weighted by Gasteiger charge is -2.21. The van der Waals surface area contributed by atoms with Crippen LogP contribution in [0.2, 0.25) is 0 Å². The van der Waals surface area contributed by atoms with Crippen molar-refractivity contribution in [1.29, 1.82) is 0 Å². The molecule has 0 spiro atoms. The van der Waals surface area contributed by atoms with Gasteiger partial charge in [-0.2, -0.15) is 0 Å². The van der Waals surface area contributed by atoms with Crippen molar-refractivity contribution in [2.75, 3.05) is 44.3 Å². The Kier molecular flexibility index (Phi) is 7.04. The Balaban J connectivity index is 1.55. The number of benzene rings is 1. The third kappa shape index (κ3) is 5.42. The number of halogens is 2. The number of rotatable bonds is 6. The van der Waals surface area contributed by atoms with Gasteiger partial charge in [0.25, 0.3) is 0 Å². The maximum Gasteiger partial charge on any atom is 0.191 e. The van der Waals surface area contributed by atoms with Crippen LogP contribution in [-0.4, -0.2) is 51.4 Å². The second-order valence-electron chi connectivity index (χ2n) is 6.84. The van der Waals surface area contributed by atoms with E-state index in [1.807, 2.05) is 6.92 Å². The van der Waals surface area contributed by atoms with Crippen molar-refractivity contribution >= 4 is 11.6 Å². The number of anilines is 1. The number of ether oxygens (including phenoxy) is 1. The molecule has 1 atom stereocenters. The van der Waals surface area contributed by atoms with Crippen molar-refractivity contribution in [3.8, 4) is 0 Å². The summed E-state index contributed by atoms with van der Waals surface area (Å²) in [4.78, 5) is 6.41. The van der Waals surface area contributed by atoms with Crippen molar-refractivity contribution in [3.05, 3.63) is 41.5 Å². The Morgan fingerprint density at radius 2 is 2.15 bits per heavy atom. The van der Waals surface area contributed by atoms with Gasteiger partial charge in [0, 0.05) is 32.2 Å². The molecule has 2 aliphatic rings. The number of hydrogen-bond donors (Lipinski definition) is 2. The molecule has 1 unspecified atom stereocenters. The fourth-order valence-corrected chi connectivity index (χ4v) is 3.49. The molecule has 0 saturated carbocycles. The Morgan fingerprint density at radius 1 is 1.33 bits per heavy atom. The van der Waals surface area contributed by atoms with Crippen LogP contribution in [0, 0.1) is 11.6 Å². The van der Waals surface area contributed by atoms with Crippen LogP contribution < -0.4 is 15.5 Å². The number of nitrogens with one attached hydrogen (secondary N) is 2. The van der Waals surface area contributed by atoms with Crippen LogP contribution in [0.4, 0.5) is 14.5 Å². The predicted octanol–water partition coefficient (Wildman–Crippen LogP) is 2.84. The minimum atomic E-state index is -0.513. The van der Waals surface area contributed by atoms with E-state index in [1.165, 1.54) is 23.8 Å². The molecule has 7 heteroatoms. The van der Waals surface area contributed by atoms with E-state index in [1.54, 1.807) is 4.90 Å². The Labute approximate surface area is 159 Å². The van der Waals surface area contributed by atoms with E-state index in [0.29, 0.717) is 26.2 Å². The molecule has 2 N–H and O–H groups in total. The summed E-state index contributed by atoms with van der Waals surface area (Å²) >= 11 is 0. The first kappa shape index (κ1) is 19.6. The lowest BCUT2D eigenvalue weighted by atomic mass is 10.1. The van der Waals surface area contributed by atoms with E-state index in [0.717, 1.165) is 38.4 Å². The van der Waals surface area contributed by atoms with Gasteiger partial charge in [0.2, 0.25) is 0 Å². The molecule has 3 rings (SSSR count). The second-order valence-corrected chi connectivity index (χ2v) is 6.84. The average molecular weight is 378 g/mol. The predicted molar refractivity (Wildman–Crippen MR) is 104 cm³/mol. The lowest BCUT2D eigenvalue weighted by molar-refractivity contribution is 0.153. The largest absolute Gasteiger partial charge is 0.377 e. The highest BCUT2D eigenvalue weighted by Gasteiger charge is 2.27. The van der Waals surface area contributed by atoms with E-state index in [9.17, 15) is 8.78 Å². The first-order valence-electron chi connectivity index (χ1n) is 9.67. The van der Waals surface area contributed by atoms with Gasteiger partial charge in [0.15, 0.2) is 5.96 Å². The zero-order valence-electron chi connectivity index (χ0n) is 15.8. The zero-order chi connectivity index (χ0) is 19.1. The molecule has 1 aromatic carbocycles. The number of guanidine groups is 1. The van der Waals surface area contributed by atoms with Crippen LogP contribution in [0.3, 0.4) is 0 Å². The first-order valence-corrected chi connectivity index (χ1v) is 9.67. The quantitative estimate of drug-likeness (QED) is 0.454. The molecule has 27 heavy (non-hydrogen) atoms. The van der Waals surface area contributed by atoms with Crippen LogP contribution >= 0.6 is 0 Å². The molecule has 5 nitrogen and oxygen atoms in total. The molecular formula is C20H28F2N4O. The summed E-state index contributed by atoms with van der Waals surface area (Å²) in [5.41, 5.74) is 1.46. The van der Waals surface area contributed by atoms with Gasteiger partial charge < -0.3 is 20.3 Å². The van der Waals surface area contributed by atoms with Gasteiger partial charge in [-0.05, 0) is 38.3 Å². The molecule has 1 aromatic rings. The van der Waals surface area contributed by atoms with E-state index < -0.39 is 11.6 Å². The van der Waals surface area contributed by atoms with Gasteiger partial charge in [-0.25, -0.2) is 8.78 Å². The van der Waals surface area contributed by atoms with E-state index >= 15 is 0 Å². The van der Waals surface area contributed by atoms with Crippen molar-refractivity contribution in [2.24, 2.45) is 4.99 Å². The third-order valence-electron chi connectivity index (χ3n) is 4.89. The molecular weight excluding hydrogens is 350 g/mol. The minimum Gasteiger partial charge on any atom is -0.377 e. The van der Waals surface area contributed by atoms with Gasteiger partial charge in [0.1, 0.15) is 17.3 Å². The maximum atomic E-state index is 14.0. The minimum absolute atomic E-state index is 0.0650. The van der Waals surface area contributed by atoms with Crippen LogP contribution in [0.1, 0.15) is 26.2 Å². The molecule has 0 aliphatic carbocycles. The van der Waals surface area contributed by atoms with Crippen molar-refractivity contribution < 1.29 is 13.5 Å². The van der Waals surface area contributed by atoms with E-state index in [-0.39, 0.29) is 11.7 Å². The van der Waals surface area contributed by atoms with E-state index in [2.05, 4.69) is 21.7 Å². The van der Waals surface area contributed by atoms with Gasteiger partial charge >= 0.3 is 0 Å². The van der Waals surface area contributed by atoms with Crippen molar-refractivity contribution in [3.63, 3.8) is 0 Å². The van der Waals surface area contributed by atoms with Gasteiger partial charge in [-0.15, -0.1) is 0 Å². The summed E-state index contributed by atoms with van der Waals surface area (Å²) in [5.74, 6) is -0.270. The fourth-order valence-electron chi connectivity index (χ4n) is 3.49. The highest BCUT2D eigenvalue weighted by Crippen LogP contribution is 2.26. The number of hydrogen-bond acceptors (Lipinski definition) is 3. The lowest BCUT2D eigenvalue weighted by Crippen LogP contribution is -2.44. The molecule has 0 bridgehead atoms. The second kappa shape index (κ2) is 9.69. The summed E-state index contributed by atoms with van der Waals surface area (Å²) in [7, 11) is 0. The van der Waals surface area contributed by atoms with Gasteiger partial charge in [-0.3, -0.25) is 4.99 Å². The summed E-state index contributed by atoms with van der Waals surface area (Å²) < 4.78 is 33.3. The molecule has 2 aliphatic heterocycles. The zero-order valence-corrected chi connectivity index (χ0v) is 15.8. The van der Waals surface area contributed by atoms with Crippen LogP contribution in [0.25, 0.3) is 0 Å². The smallest absolute Gasteiger partial charge is 0.191 e. The number of nitrogens with zero attached hydrogens (tertiary/aromatic N) is 2. The fraction of sp³-hybridized carbons (Fsp3) is 0.550. The van der Waals surface area contributed by atoms with Crippen LogP contribution in [0.15, 0.2) is 34.8 Å². The number of aliphatic imine (C=N–C) groups is 1. The summed E-state index contributed by atoms with van der Waals surface area (Å²) in [6.45, 7) is 6.14. The van der Waals surface area contributed by atoms with Crippen LogP contribution in [0.5, 0.6) is 0 Å². The molecule has 1 saturated heterocycles. The van der Waals surface area contributed by atoms with Crippen LogP contribution in [-0.2, 0) is 4.74 Å². The maximum absolute atomic E-state index is 14.0. The van der Waals surface area contributed by atoms with Gasteiger partial charge in [-0.1, -0.05) is 17.7 Å². The Morgan fingerprint density at radius 3 is 2.85 bits per heavy atom. The molecule has 148 valence electrons. The third-order valence-corrected chi connectivity index (χ3v) is 4.89. The monoisotopic (exact) mass is 378 g/mol. The molecule has 0 aromatic heterocycles. The Bertz CT molecular complexity index is 672.